The molecule has 2 heterocycles. The van der Waals surface area contributed by atoms with Crippen LogP contribution in [0.2, 0.25) is 0 Å². The average Bonchev–Trinajstić information content (AvgIpc) is 2.96. The summed E-state index contributed by atoms with van der Waals surface area (Å²) < 4.78 is 2.36. The molecule has 6 heteroatoms. The van der Waals surface area contributed by atoms with Gasteiger partial charge in [0, 0.05) is 44.6 Å². The first-order chi connectivity index (χ1) is 13.7. The van der Waals surface area contributed by atoms with E-state index < -0.39 is 0 Å². The van der Waals surface area contributed by atoms with E-state index in [4.69, 9.17) is 12.2 Å². The third-order valence-electron chi connectivity index (χ3n) is 5.13. The second kappa shape index (κ2) is 8.54. The minimum absolute atomic E-state index is 0.0257. The maximum absolute atomic E-state index is 13.2. The molecule has 144 valence electrons. The lowest BCUT2D eigenvalue weighted by atomic mass is 10.2. The molecule has 28 heavy (non-hydrogen) atoms. The van der Waals surface area contributed by atoms with Gasteiger partial charge in [0.05, 0.1) is 0 Å². The summed E-state index contributed by atoms with van der Waals surface area (Å²) in [6.07, 6.45) is 2.69. The minimum Gasteiger partial charge on any atom is -0.336 e. The number of aromatic amines is 1. The highest BCUT2D eigenvalue weighted by molar-refractivity contribution is 7.71. The van der Waals surface area contributed by atoms with E-state index in [2.05, 4.69) is 34.1 Å². The Morgan fingerprint density at radius 3 is 2.39 bits per heavy atom. The molecule has 1 saturated heterocycles. The molecule has 0 aliphatic carbocycles. The van der Waals surface area contributed by atoms with E-state index in [0.29, 0.717) is 10.5 Å². The molecule has 4 rings (SSSR count). The van der Waals surface area contributed by atoms with Crippen molar-refractivity contribution in [3.8, 4) is 5.69 Å². The molecular formula is C22H24N4OS. The van der Waals surface area contributed by atoms with Crippen LogP contribution in [0.5, 0.6) is 0 Å². The van der Waals surface area contributed by atoms with Crippen molar-refractivity contribution in [3.63, 3.8) is 0 Å². The summed E-state index contributed by atoms with van der Waals surface area (Å²) in [4.78, 5) is 20.6. The van der Waals surface area contributed by atoms with Gasteiger partial charge in [-0.25, -0.2) is 0 Å². The zero-order chi connectivity index (χ0) is 19.3. The zero-order valence-electron chi connectivity index (χ0n) is 15.8. The molecule has 0 saturated carbocycles. The number of hydrogen-bond donors (Lipinski definition) is 1. The van der Waals surface area contributed by atoms with Gasteiger partial charge >= 0.3 is 0 Å². The van der Waals surface area contributed by atoms with Gasteiger partial charge in [-0.1, -0.05) is 48.5 Å². The summed E-state index contributed by atoms with van der Waals surface area (Å²) in [6.45, 7) is 4.27. The third kappa shape index (κ3) is 4.08. The first-order valence-corrected chi connectivity index (χ1v) is 10.0. The molecular weight excluding hydrogens is 368 g/mol. The van der Waals surface area contributed by atoms with Crippen LogP contribution in [0.15, 0.2) is 66.9 Å². The van der Waals surface area contributed by atoms with E-state index in [9.17, 15) is 4.79 Å². The van der Waals surface area contributed by atoms with Crippen LogP contribution in [0.4, 0.5) is 0 Å². The Morgan fingerprint density at radius 1 is 0.929 bits per heavy atom. The number of nitrogens with one attached hydrogen (secondary N) is 1. The van der Waals surface area contributed by atoms with Gasteiger partial charge < -0.3 is 9.88 Å². The van der Waals surface area contributed by atoms with Crippen molar-refractivity contribution < 1.29 is 4.79 Å². The second-order valence-corrected chi connectivity index (χ2v) is 7.44. The van der Waals surface area contributed by atoms with Gasteiger partial charge in [-0.2, -0.15) is 0 Å². The van der Waals surface area contributed by atoms with E-state index in [1.54, 1.807) is 6.20 Å². The normalized spacial score (nSPS) is 15.4. The zero-order valence-corrected chi connectivity index (χ0v) is 16.6. The summed E-state index contributed by atoms with van der Waals surface area (Å²) in [6, 6.07) is 20.3. The highest BCUT2D eigenvalue weighted by atomic mass is 32.1. The monoisotopic (exact) mass is 392 g/mol. The van der Waals surface area contributed by atoms with E-state index >= 15 is 0 Å². The van der Waals surface area contributed by atoms with Crippen LogP contribution < -0.4 is 0 Å². The van der Waals surface area contributed by atoms with Crippen molar-refractivity contribution in [2.45, 2.75) is 13.0 Å². The van der Waals surface area contributed by atoms with Gasteiger partial charge in [-0.05, 0) is 36.3 Å². The fraction of sp³-hybridized carbons (Fsp3) is 0.273. The summed E-state index contributed by atoms with van der Waals surface area (Å²) in [5.74, 6) is 0.0257. The van der Waals surface area contributed by atoms with E-state index in [-0.39, 0.29) is 5.91 Å². The Labute approximate surface area is 170 Å². The molecule has 1 N–H and O–H groups in total. The predicted molar refractivity (Wildman–Crippen MR) is 113 cm³/mol. The van der Waals surface area contributed by atoms with Gasteiger partial charge in [-0.3, -0.25) is 14.3 Å². The fourth-order valence-electron chi connectivity index (χ4n) is 3.70. The van der Waals surface area contributed by atoms with E-state index in [0.717, 1.165) is 44.8 Å². The smallest absolute Gasteiger partial charge is 0.272 e. The van der Waals surface area contributed by atoms with Gasteiger partial charge in [0.15, 0.2) is 4.77 Å². The molecule has 0 unspecified atom stereocenters. The van der Waals surface area contributed by atoms with Crippen LogP contribution in [0.1, 0.15) is 22.5 Å². The van der Waals surface area contributed by atoms with Crippen LogP contribution in [0, 0.1) is 4.77 Å². The fourth-order valence-corrected chi connectivity index (χ4v) is 3.96. The minimum atomic E-state index is 0.0257. The Balaban J connectivity index is 1.48. The molecule has 0 bridgehead atoms. The second-order valence-electron chi connectivity index (χ2n) is 7.06. The average molecular weight is 393 g/mol. The highest BCUT2D eigenvalue weighted by Gasteiger charge is 2.23. The first-order valence-electron chi connectivity index (χ1n) is 9.64. The lowest BCUT2D eigenvalue weighted by molar-refractivity contribution is 0.0753. The number of nitrogens with zero attached hydrogens (tertiary/aromatic N) is 3. The Kier molecular flexibility index (Phi) is 5.69. The largest absolute Gasteiger partial charge is 0.336 e. The van der Waals surface area contributed by atoms with Crippen LogP contribution in [-0.2, 0) is 6.54 Å². The quantitative estimate of drug-likeness (QED) is 0.685. The lowest BCUT2D eigenvalue weighted by Crippen LogP contribution is -2.36. The van der Waals surface area contributed by atoms with Crippen LogP contribution in [-0.4, -0.2) is 51.4 Å². The first kappa shape index (κ1) is 18.7. The molecule has 1 aliphatic rings. The molecule has 5 nitrogen and oxygen atoms in total. The van der Waals surface area contributed by atoms with Gasteiger partial charge in [0.2, 0.25) is 0 Å². The van der Waals surface area contributed by atoms with E-state index in [1.807, 2.05) is 45.9 Å². The number of imidazole rings is 1. The van der Waals surface area contributed by atoms with Gasteiger partial charge in [0.25, 0.3) is 5.91 Å². The molecule has 1 fully saturated rings. The van der Waals surface area contributed by atoms with Crippen molar-refractivity contribution in [3.05, 3.63) is 82.9 Å². The van der Waals surface area contributed by atoms with Crippen LogP contribution >= 0.6 is 12.2 Å². The Morgan fingerprint density at radius 2 is 1.64 bits per heavy atom. The number of hydrogen-bond acceptors (Lipinski definition) is 3. The van der Waals surface area contributed by atoms with E-state index in [1.165, 1.54) is 5.56 Å². The molecule has 1 aliphatic heterocycles. The molecule has 1 aromatic heterocycles. The third-order valence-corrected chi connectivity index (χ3v) is 5.44. The number of H-pyrrole nitrogens is 1. The summed E-state index contributed by atoms with van der Waals surface area (Å²) in [5, 5.41) is 0. The molecule has 0 radical (unpaired) electrons. The molecule has 2 aromatic carbocycles. The highest BCUT2D eigenvalue weighted by Crippen LogP contribution is 2.16. The van der Waals surface area contributed by atoms with Crippen molar-refractivity contribution in [1.29, 1.82) is 0 Å². The lowest BCUT2D eigenvalue weighted by Gasteiger charge is -2.22. The standard InChI is InChI=1S/C22H24N4OS/c27-21(20-16-23-22(28)26(20)19-10-5-2-6-11-19)25-13-7-12-24(14-15-25)17-18-8-3-1-4-9-18/h1-6,8-11,16H,7,12-15,17H2,(H,23,28). The van der Waals surface area contributed by atoms with Crippen molar-refractivity contribution in [2.24, 2.45) is 0 Å². The van der Waals surface area contributed by atoms with Crippen molar-refractivity contribution in [1.82, 2.24) is 19.4 Å². The predicted octanol–water partition coefficient (Wildman–Crippen LogP) is 3.88. The van der Waals surface area contributed by atoms with Crippen LogP contribution in [0.3, 0.4) is 0 Å². The molecule has 0 spiro atoms. The Bertz CT molecular complexity index is 981. The number of carbonyl (C=O) groups excluding carboxylic acids is 1. The molecule has 0 atom stereocenters. The number of benzene rings is 2. The molecule has 1 amide bonds. The summed E-state index contributed by atoms with van der Waals surface area (Å²) in [5.41, 5.74) is 2.80. The van der Waals surface area contributed by atoms with Gasteiger partial charge in [-0.15, -0.1) is 0 Å². The summed E-state index contributed by atoms with van der Waals surface area (Å²) in [7, 11) is 0. The number of rotatable bonds is 4. The summed E-state index contributed by atoms with van der Waals surface area (Å²) >= 11 is 5.42. The van der Waals surface area contributed by atoms with Crippen molar-refractivity contribution in [2.75, 3.05) is 26.2 Å². The number of carbonyl (C=O) groups is 1. The van der Waals surface area contributed by atoms with Gasteiger partial charge in [0.1, 0.15) is 5.69 Å². The molecule has 3 aromatic rings. The van der Waals surface area contributed by atoms with Crippen LogP contribution in [0.25, 0.3) is 5.69 Å². The number of amides is 1. The number of para-hydroxylation sites is 1. The van der Waals surface area contributed by atoms with Crippen molar-refractivity contribution >= 4 is 18.1 Å². The number of aromatic nitrogens is 2. The maximum Gasteiger partial charge on any atom is 0.272 e. The topological polar surface area (TPSA) is 44.3 Å². The maximum atomic E-state index is 13.2. The SMILES string of the molecule is O=C(c1c[nH]c(=S)n1-c1ccccc1)N1CCCN(Cc2ccccc2)CC1. The Hall–Kier alpha value is -2.70.